The zero-order chi connectivity index (χ0) is 17.5. The number of benzene rings is 1. The highest BCUT2D eigenvalue weighted by molar-refractivity contribution is 5.85. The quantitative estimate of drug-likeness (QED) is 0.558. The summed E-state index contributed by atoms with van der Waals surface area (Å²) in [4.78, 5) is 7.40. The summed E-state index contributed by atoms with van der Waals surface area (Å²) >= 11 is 0. The highest BCUT2D eigenvalue weighted by Crippen LogP contribution is 2.37. The fourth-order valence-corrected chi connectivity index (χ4v) is 2.28. The second-order valence-electron chi connectivity index (χ2n) is 4.98. The van der Waals surface area contributed by atoms with Crippen molar-refractivity contribution in [1.82, 2.24) is 9.97 Å². The van der Waals surface area contributed by atoms with Crippen molar-refractivity contribution in [2.75, 3.05) is 0 Å². The third kappa shape index (κ3) is 3.04. The molecule has 2 heterocycles. The molecule has 2 nitrogen and oxygen atoms in total. The van der Waals surface area contributed by atoms with Crippen LogP contribution in [0.15, 0.2) is 48.5 Å². The third-order valence-corrected chi connectivity index (χ3v) is 3.32. The average molecular weight is 342 g/mol. The molecule has 0 bridgehead atoms. The largest absolute Gasteiger partial charge is 0.433 e. The molecule has 0 N–H and O–H groups in total. The molecular weight excluding hydrogens is 334 g/mol. The van der Waals surface area contributed by atoms with Gasteiger partial charge in [0, 0.05) is 5.39 Å². The summed E-state index contributed by atoms with van der Waals surface area (Å²) in [5, 5.41) is -0.124. The van der Waals surface area contributed by atoms with E-state index in [0.717, 1.165) is 12.1 Å². The minimum absolute atomic E-state index is 0.0292. The van der Waals surface area contributed by atoms with Crippen molar-refractivity contribution < 1.29 is 26.3 Å². The van der Waals surface area contributed by atoms with Gasteiger partial charge >= 0.3 is 12.4 Å². The van der Waals surface area contributed by atoms with Gasteiger partial charge in [0.15, 0.2) is 0 Å². The van der Waals surface area contributed by atoms with Crippen molar-refractivity contribution >= 4 is 10.9 Å². The van der Waals surface area contributed by atoms with E-state index in [9.17, 15) is 26.3 Å². The van der Waals surface area contributed by atoms with Crippen LogP contribution in [0.2, 0.25) is 0 Å². The van der Waals surface area contributed by atoms with Crippen LogP contribution in [0.25, 0.3) is 22.3 Å². The molecule has 24 heavy (non-hydrogen) atoms. The fraction of sp³-hybridized carbons (Fsp3) is 0.125. The van der Waals surface area contributed by atoms with Crippen molar-refractivity contribution in [2.24, 2.45) is 0 Å². The van der Waals surface area contributed by atoms with Gasteiger partial charge in [-0.15, -0.1) is 0 Å². The van der Waals surface area contributed by atoms with Crippen LogP contribution in [-0.4, -0.2) is 9.97 Å². The molecule has 0 saturated carbocycles. The molecule has 2 aromatic heterocycles. The fourth-order valence-electron chi connectivity index (χ4n) is 2.28. The number of nitrogens with zero attached hydrogens (tertiary/aromatic N) is 2. The number of pyridine rings is 2. The van der Waals surface area contributed by atoms with Gasteiger partial charge in [0.2, 0.25) is 0 Å². The molecule has 3 aromatic rings. The molecule has 0 unspecified atom stereocenters. The molecule has 0 aliphatic carbocycles. The molecule has 0 atom stereocenters. The minimum atomic E-state index is -4.69. The first kappa shape index (κ1) is 16.2. The van der Waals surface area contributed by atoms with E-state index in [2.05, 4.69) is 9.97 Å². The lowest BCUT2D eigenvalue weighted by molar-refractivity contribution is -0.141. The van der Waals surface area contributed by atoms with Crippen molar-refractivity contribution in [1.29, 1.82) is 0 Å². The van der Waals surface area contributed by atoms with Crippen molar-refractivity contribution in [2.45, 2.75) is 12.4 Å². The van der Waals surface area contributed by atoms with Crippen LogP contribution in [0, 0.1) is 0 Å². The predicted octanol–water partition coefficient (Wildman–Crippen LogP) is 5.33. The number of hydrogen-bond acceptors (Lipinski definition) is 2. The van der Waals surface area contributed by atoms with Gasteiger partial charge in [0.25, 0.3) is 0 Å². The van der Waals surface area contributed by atoms with Gasteiger partial charge < -0.3 is 0 Å². The summed E-state index contributed by atoms with van der Waals surface area (Å²) in [5.41, 5.74) is -2.68. The standard InChI is InChI=1S/C16H8F6N2/c17-15(18,19)10-8-13(23-11-5-2-1-4-9(10)11)12-6-3-7-14(24-12)16(20,21)22/h1-8H. The number of fused-ring (bicyclic) bond motifs is 1. The van der Waals surface area contributed by atoms with Crippen molar-refractivity contribution in [3.05, 3.63) is 59.8 Å². The maximum Gasteiger partial charge on any atom is 0.433 e. The number of aromatic nitrogens is 2. The lowest BCUT2D eigenvalue weighted by Gasteiger charge is -2.13. The molecule has 0 spiro atoms. The van der Waals surface area contributed by atoms with Crippen LogP contribution in [0.1, 0.15) is 11.3 Å². The van der Waals surface area contributed by atoms with E-state index in [1.165, 1.54) is 30.3 Å². The Hall–Kier alpha value is -2.64. The smallest absolute Gasteiger partial charge is 0.246 e. The molecule has 124 valence electrons. The van der Waals surface area contributed by atoms with Crippen LogP contribution >= 0.6 is 0 Å². The van der Waals surface area contributed by atoms with Crippen LogP contribution in [0.3, 0.4) is 0 Å². The Morgan fingerprint density at radius 3 is 2.04 bits per heavy atom. The van der Waals surface area contributed by atoms with Gasteiger partial charge in [0.05, 0.1) is 22.5 Å². The Kier molecular flexibility index (Phi) is 3.70. The first-order valence-electron chi connectivity index (χ1n) is 6.68. The molecule has 0 radical (unpaired) electrons. The molecule has 0 aliphatic rings. The Morgan fingerprint density at radius 1 is 0.667 bits per heavy atom. The molecule has 0 amide bonds. The lowest BCUT2D eigenvalue weighted by atomic mass is 10.1. The second-order valence-corrected chi connectivity index (χ2v) is 4.98. The van der Waals surface area contributed by atoms with Gasteiger partial charge in [-0.05, 0) is 24.3 Å². The first-order valence-corrected chi connectivity index (χ1v) is 6.68. The number of hydrogen-bond donors (Lipinski definition) is 0. The highest BCUT2D eigenvalue weighted by atomic mass is 19.4. The lowest BCUT2D eigenvalue weighted by Crippen LogP contribution is -2.09. The number of para-hydroxylation sites is 1. The average Bonchev–Trinajstić information content (AvgIpc) is 2.52. The van der Waals surface area contributed by atoms with E-state index < -0.39 is 23.6 Å². The maximum absolute atomic E-state index is 13.3. The molecule has 0 aliphatic heterocycles. The van der Waals surface area contributed by atoms with Gasteiger partial charge in [0.1, 0.15) is 5.69 Å². The number of alkyl halides is 6. The molecule has 0 saturated heterocycles. The van der Waals surface area contributed by atoms with E-state index in [1.54, 1.807) is 0 Å². The van der Waals surface area contributed by atoms with Crippen LogP contribution in [0.5, 0.6) is 0 Å². The minimum Gasteiger partial charge on any atom is -0.246 e. The van der Waals surface area contributed by atoms with Gasteiger partial charge in [-0.2, -0.15) is 26.3 Å². The summed E-state index contributed by atoms with van der Waals surface area (Å²) in [5.74, 6) is 0. The van der Waals surface area contributed by atoms with Gasteiger partial charge in [-0.25, -0.2) is 9.97 Å². The first-order chi connectivity index (χ1) is 11.2. The zero-order valence-corrected chi connectivity index (χ0v) is 11.8. The van der Waals surface area contributed by atoms with E-state index >= 15 is 0 Å². The Morgan fingerprint density at radius 2 is 1.38 bits per heavy atom. The normalized spacial score (nSPS) is 12.6. The summed E-state index contributed by atoms with van der Waals surface area (Å²) in [6, 6.07) is 9.28. The molecule has 1 aromatic carbocycles. The van der Waals surface area contributed by atoms with Crippen molar-refractivity contribution in [3.8, 4) is 11.4 Å². The molecule has 3 rings (SSSR count). The molecule has 0 fully saturated rings. The van der Waals surface area contributed by atoms with E-state index in [-0.39, 0.29) is 22.3 Å². The van der Waals surface area contributed by atoms with Crippen LogP contribution in [-0.2, 0) is 12.4 Å². The van der Waals surface area contributed by atoms with Gasteiger partial charge in [-0.3, -0.25) is 0 Å². The summed E-state index contributed by atoms with van der Waals surface area (Å²) < 4.78 is 78.0. The van der Waals surface area contributed by atoms with E-state index in [0.29, 0.717) is 6.07 Å². The zero-order valence-electron chi connectivity index (χ0n) is 11.8. The topological polar surface area (TPSA) is 25.8 Å². The van der Waals surface area contributed by atoms with Crippen molar-refractivity contribution in [3.63, 3.8) is 0 Å². The SMILES string of the molecule is FC(F)(F)c1cccc(-c2cc(C(F)(F)F)c3ccccc3n2)n1. The Balaban J connectivity index is 2.25. The maximum atomic E-state index is 13.3. The Bertz CT molecular complexity index is 899. The Labute approximate surface area is 131 Å². The monoisotopic (exact) mass is 342 g/mol. The van der Waals surface area contributed by atoms with E-state index in [4.69, 9.17) is 0 Å². The molecule has 8 heteroatoms. The van der Waals surface area contributed by atoms with Crippen LogP contribution < -0.4 is 0 Å². The van der Waals surface area contributed by atoms with Gasteiger partial charge in [-0.1, -0.05) is 24.3 Å². The number of rotatable bonds is 1. The summed E-state index contributed by atoms with van der Waals surface area (Å²) in [6.07, 6.45) is -9.36. The van der Waals surface area contributed by atoms with E-state index in [1.807, 2.05) is 0 Å². The predicted molar refractivity (Wildman–Crippen MR) is 75.0 cm³/mol. The summed E-state index contributed by atoms with van der Waals surface area (Å²) in [6.45, 7) is 0. The molecular formula is C16H8F6N2. The highest BCUT2D eigenvalue weighted by Gasteiger charge is 2.35. The second kappa shape index (κ2) is 5.47. The van der Waals surface area contributed by atoms with Crippen LogP contribution in [0.4, 0.5) is 26.3 Å². The third-order valence-electron chi connectivity index (χ3n) is 3.32. The summed E-state index contributed by atoms with van der Waals surface area (Å²) in [7, 11) is 0. The number of halogens is 6.